The van der Waals surface area contributed by atoms with Gasteiger partial charge in [-0.2, -0.15) is 5.10 Å². The largest absolute Gasteiger partial charge is 0.327 e. The van der Waals surface area contributed by atoms with Crippen LogP contribution >= 0.6 is 0 Å². The van der Waals surface area contributed by atoms with E-state index in [0.717, 1.165) is 13.0 Å². The molecular weight excluding hydrogens is 162 g/mol. The number of nitrogens with two attached hydrogens (primary N) is 1. The zero-order valence-electron chi connectivity index (χ0n) is 7.74. The van der Waals surface area contributed by atoms with E-state index in [2.05, 4.69) is 9.78 Å². The number of aryl methyl sites for hydroxylation is 1. The topological polar surface area (TPSA) is 43.8 Å². The highest BCUT2D eigenvalue weighted by Gasteiger charge is 2.30. The molecule has 70 valence electrons. The minimum atomic E-state index is 0.369. The molecule has 2 N–H and O–H groups in total. The fourth-order valence-electron chi connectivity index (χ4n) is 2.83. The van der Waals surface area contributed by atoms with Crippen LogP contribution in [0.25, 0.3) is 0 Å². The van der Waals surface area contributed by atoms with Crippen LogP contribution in [0.2, 0.25) is 0 Å². The molecule has 0 unspecified atom stereocenters. The first-order valence-electron chi connectivity index (χ1n) is 5.15. The lowest BCUT2D eigenvalue weighted by Gasteiger charge is -2.31. The maximum absolute atomic E-state index is 6.01. The molecule has 0 radical (unpaired) electrons. The van der Waals surface area contributed by atoms with Gasteiger partial charge in [-0.15, -0.1) is 0 Å². The van der Waals surface area contributed by atoms with Gasteiger partial charge >= 0.3 is 0 Å². The van der Waals surface area contributed by atoms with Crippen molar-refractivity contribution in [1.82, 2.24) is 9.78 Å². The third-order valence-corrected chi connectivity index (χ3v) is 3.34. The van der Waals surface area contributed by atoms with Gasteiger partial charge in [0.05, 0.1) is 6.20 Å². The Morgan fingerprint density at radius 1 is 1.54 bits per heavy atom. The maximum Gasteiger partial charge on any atom is 0.0525 e. The van der Waals surface area contributed by atoms with Crippen LogP contribution < -0.4 is 5.73 Å². The molecule has 13 heavy (non-hydrogen) atoms. The molecule has 0 amide bonds. The van der Waals surface area contributed by atoms with Gasteiger partial charge in [0.15, 0.2) is 0 Å². The summed E-state index contributed by atoms with van der Waals surface area (Å²) in [6.45, 7) is 1.11. The van der Waals surface area contributed by atoms with Crippen LogP contribution in [-0.2, 0) is 13.0 Å². The second kappa shape index (κ2) is 2.58. The molecule has 3 rings (SSSR count). The number of hydrogen-bond acceptors (Lipinski definition) is 2. The monoisotopic (exact) mass is 177 g/mol. The standard InChI is InChI=1S/C10H15N3/c11-9-4-7-2-1-3-13-10(7)8(5-9)6-12-13/h6-7,9H,1-5,11H2/t7-,9+/m1/s1. The van der Waals surface area contributed by atoms with E-state index in [1.165, 1.54) is 30.5 Å². The second-order valence-corrected chi connectivity index (χ2v) is 4.32. The molecule has 1 aliphatic carbocycles. The fraction of sp³-hybridized carbons (Fsp3) is 0.700. The van der Waals surface area contributed by atoms with Crippen molar-refractivity contribution in [2.75, 3.05) is 0 Å². The van der Waals surface area contributed by atoms with E-state index >= 15 is 0 Å². The summed E-state index contributed by atoms with van der Waals surface area (Å²) >= 11 is 0. The maximum atomic E-state index is 6.01. The lowest BCUT2D eigenvalue weighted by molar-refractivity contribution is 0.368. The molecule has 0 fully saturated rings. The summed E-state index contributed by atoms with van der Waals surface area (Å²) in [7, 11) is 0. The molecule has 2 heterocycles. The van der Waals surface area contributed by atoms with Gasteiger partial charge in [-0.1, -0.05) is 0 Å². The average Bonchev–Trinajstić information content (AvgIpc) is 2.50. The summed E-state index contributed by atoms with van der Waals surface area (Å²) in [5, 5.41) is 4.41. The van der Waals surface area contributed by atoms with Gasteiger partial charge in [0.1, 0.15) is 0 Å². The number of aromatic nitrogens is 2. The zero-order valence-corrected chi connectivity index (χ0v) is 7.74. The highest BCUT2D eigenvalue weighted by atomic mass is 15.3. The summed E-state index contributed by atoms with van der Waals surface area (Å²) in [5.74, 6) is 0.704. The van der Waals surface area contributed by atoms with Gasteiger partial charge in [-0.25, -0.2) is 0 Å². The van der Waals surface area contributed by atoms with Gasteiger partial charge in [-0.3, -0.25) is 4.68 Å². The summed E-state index contributed by atoms with van der Waals surface area (Å²) in [6.07, 6.45) is 6.80. The Balaban J connectivity index is 2.10. The van der Waals surface area contributed by atoms with Gasteiger partial charge in [0.25, 0.3) is 0 Å². The number of hydrogen-bond donors (Lipinski definition) is 1. The predicted octanol–water partition coefficient (Wildman–Crippen LogP) is 1.03. The summed E-state index contributed by atoms with van der Waals surface area (Å²) in [5.41, 5.74) is 8.91. The van der Waals surface area contributed by atoms with Crippen LogP contribution in [0.5, 0.6) is 0 Å². The van der Waals surface area contributed by atoms with E-state index in [9.17, 15) is 0 Å². The molecular formula is C10H15N3. The quantitative estimate of drug-likeness (QED) is 0.643. The van der Waals surface area contributed by atoms with E-state index in [-0.39, 0.29) is 0 Å². The first-order valence-corrected chi connectivity index (χ1v) is 5.15. The molecule has 1 aromatic heterocycles. The van der Waals surface area contributed by atoms with E-state index in [1.54, 1.807) is 0 Å². The Labute approximate surface area is 77.9 Å². The molecule has 3 heteroatoms. The minimum absolute atomic E-state index is 0.369. The Hall–Kier alpha value is -0.830. The van der Waals surface area contributed by atoms with Crippen LogP contribution in [-0.4, -0.2) is 15.8 Å². The Morgan fingerprint density at radius 2 is 2.46 bits per heavy atom. The number of rotatable bonds is 0. The lowest BCUT2D eigenvalue weighted by Crippen LogP contribution is -2.32. The van der Waals surface area contributed by atoms with Crippen molar-refractivity contribution in [3.63, 3.8) is 0 Å². The molecule has 3 nitrogen and oxygen atoms in total. The minimum Gasteiger partial charge on any atom is -0.327 e. The van der Waals surface area contributed by atoms with Crippen molar-refractivity contribution in [2.45, 2.75) is 44.2 Å². The van der Waals surface area contributed by atoms with Crippen LogP contribution in [0.15, 0.2) is 6.20 Å². The molecule has 0 bridgehead atoms. The van der Waals surface area contributed by atoms with Gasteiger partial charge in [-0.05, 0) is 31.2 Å². The van der Waals surface area contributed by atoms with Crippen molar-refractivity contribution in [2.24, 2.45) is 5.73 Å². The Morgan fingerprint density at radius 3 is 3.38 bits per heavy atom. The van der Waals surface area contributed by atoms with Gasteiger partial charge in [0, 0.05) is 24.2 Å². The molecule has 2 aliphatic rings. The molecule has 1 aliphatic heterocycles. The summed E-state index contributed by atoms with van der Waals surface area (Å²) < 4.78 is 2.19. The van der Waals surface area contributed by atoms with Crippen molar-refractivity contribution < 1.29 is 0 Å². The number of nitrogens with zero attached hydrogens (tertiary/aromatic N) is 2. The predicted molar refractivity (Wildman–Crippen MR) is 50.5 cm³/mol. The molecule has 0 saturated heterocycles. The zero-order chi connectivity index (χ0) is 8.84. The van der Waals surface area contributed by atoms with Crippen LogP contribution in [0, 0.1) is 0 Å². The summed E-state index contributed by atoms with van der Waals surface area (Å²) in [4.78, 5) is 0. The van der Waals surface area contributed by atoms with Crippen LogP contribution in [0.1, 0.15) is 36.4 Å². The van der Waals surface area contributed by atoms with Crippen molar-refractivity contribution in [3.05, 3.63) is 17.5 Å². The highest BCUT2D eigenvalue weighted by Crippen LogP contribution is 2.37. The van der Waals surface area contributed by atoms with E-state index < -0.39 is 0 Å². The molecule has 0 spiro atoms. The van der Waals surface area contributed by atoms with Crippen LogP contribution in [0.4, 0.5) is 0 Å². The third-order valence-electron chi connectivity index (χ3n) is 3.34. The first kappa shape index (κ1) is 7.56. The molecule has 0 saturated carbocycles. The smallest absolute Gasteiger partial charge is 0.0525 e. The SMILES string of the molecule is N[C@@H]1Cc2cnn3c2[C@H](CCC3)C1. The Kier molecular flexibility index (Phi) is 1.50. The van der Waals surface area contributed by atoms with E-state index in [4.69, 9.17) is 5.73 Å². The highest BCUT2D eigenvalue weighted by molar-refractivity contribution is 5.27. The van der Waals surface area contributed by atoms with Crippen LogP contribution in [0.3, 0.4) is 0 Å². The van der Waals surface area contributed by atoms with Crippen molar-refractivity contribution >= 4 is 0 Å². The van der Waals surface area contributed by atoms with Gasteiger partial charge in [0.2, 0.25) is 0 Å². The molecule has 1 aromatic rings. The molecule has 2 atom stereocenters. The lowest BCUT2D eigenvalue weighted by atomic mass is 9.81. The van der Waals surface area contributed by atoms with Crippen molar-refractivity contribution in [3.8, 4) is 0 Å². The van der Waals surface area contributed by atoms with E-state index in [0.29, 0.717) is 12.0 Å². The summed E-state index contributed by atoms with van der Waals surface area (Å²) in [6, 6.07) is 0.369. The van der Waals surface area contributed by atoms with Gasteiger partial charge < -0.3 is 5.73 Å². The van der Waals surface area contributed by atoms with E-state index in [1.807, 2.05) is 6.20 Å². The second-order valence-electron chi connectivity index (χ2n) is 4.32. The fourth-order valence-corrected chi connectivity index (χ4v) is 2.83. The Bertz CT molecular complexity index is 329. The normalized spacial score (nSPS) is 31.5. The molecule has 0 aromatic carbocycles. The average molecular weight is 177 g/mol. The third kappa shape index (κ3) is 1.03. The first-order chi connectivity index (χ1) is 6.34. The van der Waals surface area contributed by atoms with Crippen molar-refractivity contribution in [1.29, 1.82) is 0 Å².